The molecule has 2 rings (SSSR count). The summed E-state index contributed by atoms with van der Waals surface area (Å²) in [5.41, 5.74) is 0.490. The predicted molar refractivity (Wildman–Crippen MR) is 101 cm³/mol. The number of nitrogens with one attached hydrogen (secondary N) is 2. The van der Waals surface area contributed by atoms with Gasteiger partial charge in [-0.25, -0.2) is 4.79 Å². The van der Waals surface area contributed by atoms with Gasteiger partial charge in [0.1, 0.15) is 0 Å². The lowest BCUT2D eigenvalue weighted by atomic mass is 10.2. The molecule has 24 heavy (non-hydrogen) atoms. The Balaban J connectivity index is 2.14. The van der Waals surface area contributed by atoms with Crippen LogP contribution in [0.25, 0.3) is 0 Å². The van der Waals surface area contributed by atoms with Crippen molar-refractivity contribution < 1.29 is 14.7 Å². The summed E-state index contributed by atoms with van der Waals surface area (Å²) in [6.45, 7) is 0. The number of rotatable bonds is 3. The van der Waals surface area contributed by atoms with Crippen molar-refractivity contribution in [2.24, 2.45) is 0 Å². The number of thiocarbonyl (C=S) groups is 1. The molecule has 1 amide bonds. The average Bonchev–Trinajstić information content (AvgIpc) is 2.49. The minimum Gasteiger partial charge on any atom is -0.478 e. The van der Waals surface area contributed by atoms with Crippen LogP contribution < -0.4 is 10.6 Å². The van der Waals surface area contributed by atoms with E-state index >= 15 is 0 Å². The van der Waals surface area contributed by atoms with Crippen molar-refractivity contribution in [1.29, 1.82) is 0 Å². The molecule has 9 heteroatoms. The molecule has 3 N–H and O–H groups in total. The van der Waals surface area contributed by atoms with Crippen LogP contribution in [0.2, 0.25) is 10.0 Å². The van der Waals surface area contributed by atoms with Gasteiger partial charge in [-0.1, -0.05) is 45.2 Å². The van der Waals surface area contributed by atoms with Crippen molar-refractivity contribution in [1.82, 2.24) is 5.32 Å². The van der Waals surface area contributed by atoms with Crippen molar-refractivity contribution in [2.75, 3.05) is 5.32 Å². The summed E-state index contributed by atoms with van der Waals surface area (Å²) in [6, 6.07) is 9.29. The van der Waals surface area contributed by atoms with E-state index in [1.807, 2.05) is 0 Å². The molecule has 0 aliphatic carbocycles. The zero-order valence-electron chi connectivity index (χ0n) is 11.8. The summed E-state index contributed by atoms with van der Waals surface area (Å²) >= 11 is 20.1. The van der Waals surface area contributed by atoms with Gasteiger partial charge in [0.15, 0.2) is 5.11 Å². The minimum absolute atomic E-state index is 0.00198. The number of carboxylic acids is 1. The second kappa shape index (κ2) is 7.94. The molecule has 0 aliphatic heterocycles. The maximum absolute atomic E-state index is 12.1. The van der Waals surface area contributed by atoms with Crippen LogP contribution in [0.15, 0.2) is 40.9 Å². The number of halogens is 3. The summed E-state index contributed by atoms with van der Waals surface area (Å²) in [6.07, 6.45) is 0. The molecule has 0 radical (unpaired) electrons. The fourth-order valence-electron chi connectivity index (χ4n) is 1.77. The van der Waals surface area contributed by atoms with Gasteiger partial charge in [-0.05, 0) is 42.5 Å². The first kappa shape index (κ1) is 18.7. The summed E-state index contributed by atoms with van der Waals surface area (Å²) in [4.78, 5) is 23.2. The standard InChI is InChI=1S/C15H9BrCl2N2O3S/c16-8-3-1-2-7(4-8)13(21)20-15(24)19-12-5-9(14(22)23)10(17)6-11(12)18/h1-6H,(H,22,23)(H2,19,20,21,24). The number of hydrogen-bond acceptors (Lipinski definition) is 3. The summed E-state index contributed by atoms with van der Waals surface area (Å²) in [5, 5.41) is 14.4. The average molecular weight is 448 g/mol. The van der Waals surface area contributed by atoms with Crippen molar-refractivity contribution in [3.63, 3.8) is 0 Å². The SMILES string of the molecule is O=C(NC(=S)Nc1cc(C(=O)O)c(Cl)cc1Cl)c1cccc(Br)c1. The lowest BCUT2D eigenvalue weighted by molar-refractivity contribution is 0.0697. The molecule has 5 nitrogen and oxygen atoms in total. The molecule has 0 saturated heterocycles. The highest BCUT2D eigenvalue weighted by Gasteiger charge is 2.15. The molecule has 2 aromatic carbocycles. The molecule has 2 aromatic rings. The number of hydrogen-bond donors (Lipinski definition) is 3. The van der Waals surface area contributed by atoms with Crippen molar-refractivity contribution >= 4 is 74.0 Å². The highest BCUT2D eigenvalue weighted by Crippen LogP contribution is 2.29. The number of carbonyl (C=O) groups is 2. The normalized spacial score (nSPS) is 10.1. The second-order valence-corrected chi connectivity index (χ2v) is 6.67. The molecule has 0 spiro atoms. The minimum atomic E-state index is -1.20. The molecule has 0 aromatic heterocycles. The first-order chi connectivity index (χ1) is 11.3. The van der Waals surface area contributed by atoms with Gasteiger partial charge in [-0.15, -0.1) is 0 Å². The third-order valence-electron chi connectivity index (χ3n) is 2.85. The zero-order chi connectivity index (χ0) is 17.9. The predicted octanol–water partition coefficient (Wildman–Crippen LogP) is 4.58. The van der Waals surface area contributed by atoms with Crippen molar-refractivity contribution in [3.05, 3.63) is 62.0 Å². The van der Waals surface area contributed by atoms with Crippen LogP contribution >= 0.6 is 51.3 Å². The Morgan fingerprint density at radius 2 is 1.83 bits per heavy atom. The van der Waals surface area contributed by atoms with Gasteiger partial charge in [0, 0.05) is 10.0 Å². The van der Waals surface area contributed by atoms with Crippen LogP contribution in [0.4, 0.5) is 5.69 Å². The molecule has 0 unspecified atom stereocenters. The topological polar surface area (TPSA) is 78.4 Å². The molecular weight excluding hydrogens is 439 g/mol. The lowest BCUT2D eigenvalue weighted by Gasteiger charge is -2.12. The van der Waals surface area contributed by atoms with E-state index in [0.29, 0.717) is 5.56 Å². The maximum Gasteiger partial charge on any atom is 0.337 e. The molecule has 0 bridgehead atoms. The Morgan fingerprint density at radius 3 is 2.46 bits per heavy atom. The Morgan fingerprint density at radius 1 is 1.12 bits per heavy atom. The van der Waals surface area contributed by atoms with Gasteiger partial charge < -0.3 is 10.4 Å². The van der Waals surface area contributed by atoms with Gasteiger partial charge in [-0.3, -0.25) is 10.1 Å². The Kier molecular flexibility index (Phi) is 6.17. The molecule has 0 aliphatic rings. The first-order valence-electron chi connectivity index (χ1n) is 6.38. The van der Waals surface area contributed by atoms with E-state index in [0.717, 1.165) is 4.47 Å². The van der Waals surface area contributed by atoms with Gasteiger partial charge in [0.05, 0.1) is 21.3 Å². The summed E-state index contributed by atoms with van der Waals surface area (Å²) in [7, 11) is 0. The first-order valence-corrected chi connectivity index (χ1v) is 8.34. The Hall–Kier alpha value is -1.67. The van der Waals surface area contributed by atoms with Crippen molar-refractivity contribution in [2.45, 2.75) is 0 Å². The number of carboxylic acid groups (broad SMARTS) is 1. The smallest absolute Gasteiger partial charge is 0.337 e. The van der Waals surface area contributed by atoms with E-state index < -0.39 is 11.9 Å². The van der Waals surface area contributed by atoms with Gasteiger partial charge >= 0.3 is 5.97 Å². The van der Waals surface area contributed by atoms with E-state index in [4.69, 9.17) is 40.5 Å². The third kappa shape index (κ3) is 4.67. The van der Waals surface area contributed by atoms with Crippen molar-refractivity contribution in [3.8, 4) is 0 Å². The molecule has 0 atom stereocenters. The van der Waals surface area contributed by atoms with E-state index in [1.165, 1.54) is 12.1 Å². The van der Waals surface area contributed by atoms with E-state index in [1.54, 1.807) is 24.3 Å². The quantitative estimate of drug-likeness (QED) is 0.600. The number of benzene rings is 2. The molecule has 0 heterocycles. The Labute approximate surface area is 161 Å². The summed E-state index contributed by atoms with van der Waals surface area (Å²) < 4.78 is 0.751. The van der Waals surface area contributed by atoms with Crippen LogP contribution in [0.5, 0.6) is 0 Å². The largest absolute Gasteiger partial charge is 0.478 e. The second-order valence-electron chi connectivity index (χ2n) is 4.54. The van der Waals surface area contributed by atoms with Gasteiger partial charge in [-0.2, -0.15) is 0 Å². The maximum atomic E-state index is 12.1. The number of amides is 1. The number of aromatic carboxylic acids is 1. The van der Waals surface area contributed by atoms with Gasteiger partial charge in [0.2, 0.25) is 0 Å². The monoisotopic (exact) mass is 446 g/mol. The van der Waals surface area contributed by atoms with Crippen LogP contribution in [-0.4, -0.2) is 22.1 Å². The summed E-state index contributed by atoms with van der Waals surface area (Å²) in [5.74, 6) is -1.62. The van der Waals surface area contributed by atoms with Crippen LogP contribution in [0.1, 0.15) is 20.7 Å². The fraction of sp³-hybridized carbons (Fsp3) is 0. The zero-order valence-corrected chi connectivity index (χ0v) is 15.7. The molecular formula is C15H9BrCl2N2O3S. The van der Waals surface area contributed by atoms with Crippen LogP contribution in [-0.2, 0) is 0 Å². The molecule has 124 valence electrons. The van der Waals surface area contributed by atoms with E-state index in [-0.39, 0.29) is 26.4 Å². The highest BCUT2D eigenvalue weighted by molar-refractivity contribution is 9.10. The highest BCUT2D eigenvalue weighted by atomic mass is 79.9. The van der Waals surface area contributed by atoms with E-state index in [9.17, 15) is 9.59 Å². The van der Waals surface area contributed by atoms with E-state index in [2.05, 4.69) is 26.6 Å². The molecule has 0 saturated carbocycles. The number of anilines is 1. The van der Waals surface area contributed by atoms with Gasteiger partial charge in [0.25, 0.3) is 5.91 Å². The molecule has 0 fully saturated rings. The lowest BCUT2D eigenvalue weighted by Crippen LogP contribution is -2.34. The third-order valence-corrected chi connectivity index (χ3v) is 4.17. The number of carbonyl (C=O) groups excluding carboxylic acids is 1. The van der Waals surface area contributed by atoms with Crippen LogP contribution in [0, 0.1) is 0 Å². The fourth-order valence-corrected chi connectivity index (χ4v) is 2.88. The van der Waals surface area contributed by atoms with Crippen LogP contribution in [0.3, 0.4) is 0 Å². The Bertz CT molecular complexity index is 845.